The monoisotopic (exact) mass is 275 g/mol. The summed E-state index contributed by atoms with van der Waals surface area (Å²) in [4.78, 5) is 35.8. The third kappa shape index (κ3) is 2.85. The number of nitrogens with one attached hydrogen (secondary N) is 1. The van der Waals surface area contributed by atoms with Gasteiger partial charge < -0.3 is 11.1 Å². The minimum atomic E-state index is -0.496. The second-order valence-electron chi connectivity index (χ2n) is 4.78. The average Bonchev–Trinajstić information content (AvgIpc) is 2.44. The maximum atomic E-state index is 11.9. The first-order chi connectivity index (χ1) is 9.50. The zero-order chi connectivity index (χ0) is 14.7. The third-order valence-electron chi connectivity index (χ3n) is 3.47. The second kappa shape index (κ2) is 5.83. The molecule has 6 nitrogen and oxygen atoms in total. The van der Waals surface area contributed by atoms with Crippen LogP contribution in [0.2, 0.25) is 0 Å². The van der Waals surface area contributed by atoms with Crippen molar-refractivity contribution in [3.63, 3.8) is 0 Å². The van der Waals surface area contributed by atoms with E-state index in [0.29, 0.717) is 24.9 Å². The summed E-state index contributed by atoms with van der Waals surface area (Å²) in [5.41, 5.74) is 6.48. The number of piperidine rings is 1. The van der Waals surface area contributed by atoms with Gasteiger partial charge in [-0.2, -0.15) is 0 Å². The van der Waals surface area contributed by atoms with E-state index in [1.54, 1.807) is 18.2 Å². The van der Waals surface area contributed by atoms with Crippen LogP contribution in [-0.4, -0.2) is 35.7 Å². The Morgan fingerprint density at radius 2 is 2.10 bits per heavy atom. The molecule has 0 spiro atoms. The van der Waals surface area contributed by atoms with Crippen molar-refractivity contribution in [1.29, 1.82) is 0 Å². The molecule has 1 unspecified atom stereocenters. The van der Waals surface area contributed by atoms with Gasteiger partial charge in [0.05, 0.1) is 6.04 Å². The Morgan fingerprint density at radius 3 is 2.80 bits per heavy atom. The van der Waals surface area contributed by atoms with Crippen molar-refractivity contribution in [2.75, 3.05) is 7.05 Å². The highest BCUT2D eigenvalue weighted by atomic mass is 16.2. The first kappa shape index (κ1) is 14.2. The lowest BCUT2D eigenvalue weighted by Crippen LogP contribution is -2.51. The zero-order valence-electron chi connectivity index (χ0n) is 11.3. The fraction of sp³-hybridized carbons (Fsp3) is 0.357. The summed E-state index contributed by atoms with van der Waals surface area (Å²) in [5.74, 6) is -0.895. The van der Waals surface area contributed by atoms with Crippen molar-refractivity contribution in [2.45, 2.75) is 25.4 Å². The van der Waals surface area contributed by atoms with E-state index in [9.17, 15) is 14.4 Å². The topological polar surface area (TPSA) is 92.5 Å². The van der Waals surface area contributed by atoms with Crippen molar-refractivity contribution in [1.82, 2.24) is 10.2 Å². The predicted octanol–water partition coefficient (Wildman–Crippen LogP) is 0.0225. The summed E-state index contributed by atoms with van der Waals surface area (Å²) in [6.45, 7) is 0.359. The highest BCUT2D eigenvalue weighted by Crippen LogP contribution is 2.13. The van der Waals surface area contributed by atoms with Crippen LogP contribution in [0.25, 0.3) is 0 Å². The highest BCUT2D eigenvalue weighted by Gasteiger charge is 2.31. The molecule has 1 fully saturated rings. The third-order valence-corrected chi connectivity index (χ3v) is 3.47. The molecule has 1 aliphatic rings. The molecule has 20 heavy (non-hydrogen) atoms. The number of rotatable bonds is 4. The molecule has 0 aromatic heterocycles. The van der Waals surface area contributed by atoms with Gasteiger partial charge in [-0.25, -0.2) is 0 Å². The standard InChI is InChI=1S/C14H17N3O3/c1-17-12(18)7-6-11(14(17)20)16-8-9-4-2-3-5-10(9)13(15)19/h2-5,11,16H,6-8H2,1H3,(H2,15,19). The van der Waals surface area contributed by atoms with Crippen molar-refractivity contribution in [2.24, 2.45) is 5.73 Å². The van der Waals surface area contributed by atoms with E-state index >= 15 is 0 Å². The molecule has 1 saturated heterocycles. The van der Waals surface area contributed by atoms with Gasteiger partial charge in [0.15, 0.2) is 0 Å². The summed E-state index contributed by atoms with van der Waals surface area (Å²) in [7, 11) is 1.48. The van der Waals surface area contributed by atoms with Crippen molar-refractivity contribution in [3.05, 3.63) is 35.4 Å². The van der Waals surface area contributed by atoms with Gasteiger partial charge in [0, 0.05) is 25.6 Å². The molecule has 1 aromatic rings. The number of imide groups is 1. The summed E-state index contributed by atoms with van der Waals surface area (Å²) in [5, 5.41) is 3.08. The molecule has 1 aromatic carbocycles. The molecule has 0 bridgehead atoms. The maximum Gasteiger partial charge on any atom is 0.249 e. The van der Waals surface area contributed by atoms with Gasteiger partial charge >= 0.3 is 0 Å². The van der Waals surface area contributed by atoms with Crippen LogP contribution in [-0.2, 0) is 16.1 Å². The number of likely N-dealkylation sites (tertiary alicyclic amines) is 1. The maximum absolute atomic E-state index is 11.9. The summed E-state index contributed by atoms with van der Waals surface area (Å²) >= 11 is 0. The SMILES string of the molecule is CN1C(=O)CCC(NCc2ccccc2C(N)=O)C1=O. The normalized spacial score (nSPS) is 19.2. The summed E-state index contributed by atoms with van der Waals surface area (Å²) < 4.78 is 0. The van der Waals surface area contributed by atoms with Crippen LogP contribution in [0.5, 0.6) is 0 Å². The molecule has 3 amide bonds. The minimum absolute atomic E-state index is 0.161. The largest absolute Gasteiger partial charge is 0.366 e. The molecule has 1 heterocycles. The quantitative estimate of drug-likeness (QED) is 0.758. The Bertz CT molecular complexity index is 556. The number of nitrogens with two attached hydrogens (primary N) is 1. The van der Waals surface area contributed by atoms with Crippen LogP contribution in [0.1, 0.15) is 28.8 Å². The lowest BCUT2D eigenvalue weighted by atomic mass is 10.0. The van der Waals surface area contributed by atoms with E-state index in [2.05, 4.69) is 5.32 Å². The van der Waals surface area contributed by atoms with Gasteiger partial charge in [-0.05, 0) is 18.1 Å². The van der Waals surface area contributed by atoms with Crippen molar-refractivity contribution >= 4 is 17.7 Å². The molecule has 106 valence electrons. The Morgan fingerprint density at radius 1 is 1.40 bits per heavy atom. The number of carbonyl (C=O) groups is 3. The first-order valence-corrected chi connectivity index (χ1v) is 6.42. The van der Waals surface area contributed by atoms with Crippen molar-refractivity contribution in [3.8, 4) is 0 Å². The number of hydrogen-bond acceptors (Lipinski definition) is 4. The number of primary amides is 1. The number of benzene rings is 1. The zero-order valence-corrected chi connectivity index (χ0v) is 11.3. The van der Waals surface area contributed by atoms with E-state index in [-0.39, 0.29) is 11.8 Å². The molecular weight excluding hydrogens is 258 g/mol. The smallest absolute Gasteiger partial charge is 0.249 e. The average molecular weight is 275 g/mol. The molecule has 0 saturated carbocycles. The van der Waals surface area contributed by atoms with Gasteiger partial charge in [0.2, 0.25) is 17.7 Å². The molecule has 0 aliphatic carbocycles. The van der Waals surface area contributed by atoms with Gasteiger partial charge in [-0.15, -0.1) is 0 Å². The van der Waals surface area contributed by atoms with Crippen molar-refractivity contribution < 1.29 is 14.4 Å². The number of carbonyl (C=O) groups excluding carboxylic acids is 3. The predicted molar refractivity (Wildman–Crippen MR) is 72.6 cm³/mol. The number of nitrogens with zero attached hydrogens (tertiary/aromatic N) is 1. The Labute approximate surface area is 116 Å². The van der Waals surface area contributed by atoms with Crippen LogP contribution >= 0.6 is 0 Å². The van der Waals surface area contributed by atoms with Crippen LogP contribution < -0.4 is 11.1 Å². The van der Waals surface area contributed by atoms with Crippen LogP contribution in [0.15, 0.2) is 24.3 Å². The highest BCUT2D eigenvalue weighted by molar-refractivity contribution is 6.00. The number of likely N-dealkylation sites (N-methyl/N-ethyl adjacent to an activating group) is 1. The lowest BCUT2D eigenvalue weighted by Gasteiger charge is -2.28. The molecular formula is C14H17N3O3. The van der Waals surface area contributed by atoms with E-state index in [1.165, 1.54) is 7.05 Å². The van der Waals surface area contributed by atoms with Gasteiger partial charge in [0.25, 0.3) is 0 Å². The first-order valence-electron chi connectivity index (χ1n) is 6.42. The number of hydrogen-bond donors (Lipinski definition) is 2. The molecule has 2 rings (SSSR count). The van der Waals surface area contributed by atoms with Crippen LogP contribution in [0.4, 0.5) is 0 Å². The second-order valence-corrected chi connectivity index (χ2v) is 4.78. The number of amides is 3. The van der Waals surface area contributed by atoms with E-state index in [0.717, 1.165) is 10.5 Å². The Kier molecular flexibility index (Phi) is 4.14. The Balaban J connectivity index is 2.04. The van der Waals surface area contributed by atoms with E-state index in [1.807, 2.05) is 6.07 Å². The van der Waals surface area contributed by atoms with Gasteiger partial charge in [0.1, 0.15) is 0 Å². The van der Waals surface area contributed by atoms with Gasteiger partial charge in [-0.3, -0.25) is 19.3 Å². The fourth-order valence-electron chi connectivity index (χ4n) is 2.25. The molecule has 6 heteroatoms. The molecule has 3 N–H and O–H groups in total. The van der Waals surface area contributed by atoms with E-state index in [4.69, 9.17) is 5.73 Å². The van der Waals surface area contributed by atoms with Crippen LogP contribution in [0, 0.1) is 0 Å². The Hall–Kier alpha value is -2.21. The van der Waals surface area contributed by atoms with E-state index < -0.39 is 11.9 Å². The molecule has 1 atom stereocenters. The summed E-state index contributed by atoms with van der Waals surface area (Å²) in [6.07, 6.45) is 0.818. The molecule has 1 aliphatic heterocycles. The summed E-state index contributed by atoms with van der Waals surface area (Å²) in [6, 6.07) is 6.58. The van der Waals surface area contributed by atoms with Crippen LogP contribution in [0.3, 0.4) is 0 Å². The molecule has 0 radical (unpaired) electrons. The minimum Gasteiger partial charge on any atom is -0.366 e. The lowest BCUT2D eigenvalue weighted by molar-refractivity contribution is -0.148. The van der Waals surface area contributed by atoms with Gasteiger partial charge in [-0.1, -0.05) is 18.2 Å². The fourth-order valence-corrected chi connectivity index (χ4v) is 2.25.